The van der Waals surface area contributed by atoms with E-state index in [1.165, 1.54) is 30.0 Å². The van der Waals surface area contributed by atoms with Crippen LogP contribution >= 0.6 is 0 Å². The number of halogens is 1. The summed E-state index contributed by atoms with van der Waals surface area (Å²) in [5.74, 6) is 0.273. The molecular formula is C18H16FNO. The molecule has 21 heavy (non-hydrogen) atoms. The Morgan fingerprint density at radius 3 is 2.71 bits per heavy atom. The lowest BCUT2D eigenvalue weighted by molar-refractivity contribution is 0.299. The van der Waals surface area contributed by atoms with Crippen LogP contribution in [0.3, 0.4) is 0 Å². The monoisotopic (exact) mass is 281 g/mol. The normalized spacial score (nSPS) is 13.3. The lowest BCUT2D eigenvalue weighted by Crippen LogP contribution is -2.04. The molecule has 0 fully saturated rings. The number of rotatable bonds is 3. The molecule has 0 aliphatic heterocycles. The van der Waals surface area contributed by atoms with Crippen molar-refractivity contribution in [2.45, 2.75) is 32.3 Å². The zero-order chi connectivity index (χ0) is 14.7. The van der Waals surface area contributed by atoms with Crippen molar-refractivity contribution in [2.24, 2.45) is 0 Å². The Morgan fingerprint density at radius 1 is 1.10 bits per heavy atom. The summed E-state index contributed by atoms with van der Waals surface area (Å²) in [5.41, 5.74) is 3.20. The number of hydrogen-bond acceptors (Lipinski definition) is 2. The van der Waals surface area contributed by atoms with Crippen molar-refractivity contribution in [3.8, 4) is 11.8 Å². The fourth-order valence-electron chi connectivity index (χ4n) is 2.74. The Labute approximate surface area is 123 Å². The fraction of sp³-hybridized carbons (Fsp3) is 0.278. The summed E-state index contributed by atoms with van der Waals surface area (Å²) in [6.45, 7) is 0.139. The second kappa shape index (κ2) is 5.97. The summed E-state index contributed by atoms with van der Waals surface area (Å²) in [4.78, 5) is 0. The van der Waals surface area contributed by atoms with Gasteiger partial charge >= 0.3 is 0 Å². The molecule has 0 unspecified atom stereocenters. The van der Waals surface area contributed by atoms with Gasteiger partial charge in [0.1, 0.15) is 24.2 Å². The number of nitriles is 1. The van der Waals surface area contributed by atoms with Gasteiger partial charge in [0.25, 0.3) is 0 Å². The fourth-order valence-corrected chi connectivity index (χ4v) is 2.74. The SMILES string of the molecule is N#Cc1cccc(COc2ccc3c(c2)CCCC3)c1F. The van der Waals surface area contributed by atoms with Crippen LogP contribution in [0, 0.1) is 17.1 Å². The van der Waals surface area contributed by atoms with Crippen LogP contribution in [0.4, 0.5) is 4.39 Å². The maximum absolute atomic E-state index is 13.9. The second-order valence-electron chi connectivity index (χ2n) is 5.32. The van der Waals surface area contributed by atoms with Crippen molar-refractivity contribution in [1.29, 1.82) is 5.26 Å². The zero-order valence-corrected chi connectivity index (χ0v) is 11.7. The van der Waals surface area contributed by atoms with Gasteiger partial charge in [-0.05, 0) is 55.0 Å². The smallest absolute Gasteiger partial charge is 0.147 e. The third-order valence-electron chi connectivity index (χ3n) is 3.91. The van der Waals surface area contributed by atoms with Crippen LogP contribution in [-0.2, 0) is 19.4 Å². The number of ether oxygens (including phenoxy) is 1. The molecule has 0 aromatic heterocycles. The first-order valence-electron chi connectivity index (χ1n) is 7.20. The molecule has 0 atom stereocenters. The number of fused-ring (bicyclic) bond motifs is 1. The van der Waals surface area contributed by atoms with E-state index >= 15 is 0 Å². The third kappa shape index (κ3) is 2.90. The van der Waals surface area contributed by atoms with E-state index in [2.05, 4.69) is 12.1 Å². The van der Waals surface area contributed by atoms with Gasteiger partial charge in [-0.25, -0.2) is 4.39 Å². The molecule has 0 N–H and O–H groups in total. The molecule has 1 aliphatic rings. The number of nitrogens with zero attached hydrogens (tertiary/aromatic N) is 1. The molecule has 2 nitrogen and oxygen atoms in total. The van der Waals surface area contributed by atoms with E-state index in [0.29, 0.717) is 5.56 Å². The molecule has 0 heterocycles. The van der Waals surface area contributed by atoms with Crippen molar-refractivity contribution < 1.29 is 9.13 Å². The summed E-state index contributed by atoms with van der Waals surface area (Å²) < 4.78 is 19.6. The molecule has 0 saturated carbocycles. The molecule has 0 amide bonds. The van der Waals surface area contributed by atoms with E-state index in [4.69, 9.17) is 10.00 Å². The summed E-state index contributed by atoms with van der Waals surface area (Å²) in [7, 11) is 0. The van der Waals surface area contributed by atoms with Gasteiger partial charge in [0.2, 0.25) is 0 Å². The van der Waals surface area contributed by atoms with Crippen LogP contribution in [0.2, 0.25) is 0 Å². The van der Waals surface area contributed by atoms with Crippen molar-refractivity contribution in [3.63, 3.8) is 0 Å². The maximum atomic E-state index is 13.9. The van der Waals surface area contributed by atoms with Gasteiger partial charge in [-0.3, -0.25) is 0 Å². The molecule has 0 bridgehead atoms. The molecule has 0 radical (unpaired) electrons. The molecule has 0 saturated heterocycles. The van der Waals surface area contributed by atoms with Crippen LogP contribution in [0.1, 0.15) is 35.1 Å². The Kier molecular flexibility index (Phi) is 3.87. The molecule has 3 rings (SSSR count). The first-order chi connectivity index (χ1) is 10.3. The van der Waals surface area contributed by atoms with Crippen LogP contribution in [0.5, 0.6) is 5.75 Å². The minimum atomic E-state index is -0.488. The quantitative estimate of drug-likeness (QED) is 0.846. The molecule has 0 spiro atoms. The van der Waals surface area contributed by atoms with Gasteiger partial charge in [0, 0.05) is 5.56 Å². The largest absolute Gasteiger partial charge is 0.489 e. The van der Waals surface area contributed by atoms with E-state index in [9.17, 15) is 4.39 Å². The Bertz CT molecular complexity index is 703. The minimum Gasteiger partial charge on any atom is -0.489 e. The third-order valence-corrected chi connectivity index (χ3v) is 3.91. The van der Waals surface area contributed by atoms with Crippen LogP contribution < -0.4 is 4.74 Å². The first-order valence-corrected chi connectivity index (χ1v) is 7.20. The molecule has 2 aromatic carbocycles. The van der Waals surface area contributed by atoms with Gasteiger partial charge in [0.15, 0.2) is 0 Å². The summed E-state index contributed by atoms with van der Waals surface area (Å²) >= 11 is 0. The minimum absolute atomic E-state index is 0.0570. The summed E-state index contributed by atoms with van der Waals surface area (Å²) in [6, 6.07) is 12.7. The highest BCUT2D eigenvalue weighted by Gasteiger charge is 2.11. The summed E-state index contributed by atoms with van der Waals surface area (Å²) in [5, 5.41) is 8.83. The van der Waals surface area contributed by atoms with Crippen LogP contribution in [0.15, 0.2) is 36.4 Å². The van der Waals surface area contributed by atoms with Crippen molar-refractivity contribution in [2.75, 3.05) is 0 Å². The number of benzene rings is 2. The van der Waals surface area contributed by atoms with Crippen LogP contribution in [0.25, 0.3) is 0 Å². The molecule has 106 valence electrons. The average Bonchev–Trinajstić information content (AvgIpc) is 2.54. The van der Waals surface area contributed by atoms with Crippen LogP contribution in [-0.4, -0.2) is 0 Å². The zero-order valence-electron chi connectivity index (χ0n) is 11.7. The molecule has 3 heteroatoms. The molecule has 2 aromatic rings. The number of hydrogen-bond donors (Lipinski definition) is 0. The van der Waals surface area contributed by atoms with Gasteiger partial charge < -0.3 is 4.74 Å². The predicted molar refractivity (Wildman–Crippen MR) is 78.5 cm³/mol. The predicted octanol–water partition coefficient (Wildman–Crippen LogP) is 4.16. The Morgan fingerprint density at radius 2 is 1.90 bits per heavy atom. The second-order valence-corrected chi connectivity index (χ2v) is 5.32. The highest BCUT2D eigenvalue weighted by molar-refractivity contribution is 5.38. The molecular weight excluding hydrogens is 265 g/mol. The highest BCUT2D eigenvalue weighted by Crippen LogP contribution is 2.26. The van der Waals surface area contributed by atoms with E-state index < -0.39 is 5.82 Å². The topological polar surface area (TPSA) is 33.0 Å². The van der Waals surface area contributed by atoms with Gasteiger partial charge in [-0.2, -0.15) is 5.26 Å². The van der Waals surface area contributed by atoms with E-state index in [-0.39, 0.29) is 12.2 Å². The van der Waals surface area contributed by atoms with E-state index in [1.807, 2.05) is 12.1 Å². The van der Waals surface area contributed by atoms with Gasteiger partial charge in [-0.1, -0.05) is 18.2 Å². The van der Waals surface area contributed by atoms with Crippen molar-refractivity contribution in [1.82, 2.24) is 0 Å². The van der Waals surface area contributed by atoms with E-state index in [1.54, 1.807) is 12.1 Å². The first kappa shape index (κ1) is 13.6. The van der Waals surface area contributed by atoms with Gasteiger partial charge in [0.05, 0.1) is 5.56 Å². The van der Waals surface area contributed by atoms with Crippen molar-refractivity contribution in [3.05, 3.63) is 64.5 Å². The molecule has 1 aliphatic carbocycles. The maximum Gasteiger partial charge on any atom is 0.147 e. The lowest BCUT2D eigenvalue weighted by atomic mass is 9.92. The van der Waals surface area contributed by atoms with Crippen molar-refractivity contribution >= 4 is 0 Å². The van der Waals surface area contributed by atoms with Gasteiger partial charge in [-0.15, -0.1) is 0 Å². The average molecular weight is 281 g/mol. The Balaban J connectivity index is 1.75. The summed E-state index contributed by atoms with van der Waals surface area (Å²) in [6.07, 6.45) is 4.69. The standard InChI is InChI=1S/C18H16FNO/c19-18-15(11-20)6-3-7-16(18)12-21-17-9-8-13-4-1-2-5-14(13)10-17/h3,6-10H,1-2,4-5,12H2. The van der Waals surface area contributed by atoms with E-state index in [0.717, 1.165) is 18.6 Å². The lowest BCUT2D eigenvalue weighted by Gasteiger charge is -2.17. The Hall–Kier alpha value is -2.34. The number of aryl methyl sites for hydroxylation is 2. The highest BCUT2D eigenvalue weighted by atomic mass is 19.1.